The van der Waals surface area contributed by atoms with E-state index in [0.717, 1.165) is 27.5 Å². The van der Waals surface area contributed by atoms with Crippen LogP contribution in [0.15, 0.2) is 162 Å². The van der Waals surface area contributed by atoms with Gasteiger partial charge in [-0.1, -0.05) is 117 Å². The van der Waals surface area contributed by atoms with E-state index in [2.05, 4.69) is 170 Å². The van der Waals surface area contributed by atoms with Crippen LogP contribution in [0.1, 0.15) is 25.0 Å². The van der Waals surface area contributed by atoms with Crippen LogP contribution in [0.2, 0.25) is 0 Å². The van der Waals surface area contributed by atoms with Crippen LogP contribution in [0.4, 0.5) is 0 Å². The molecule has 0 spiro atoms. The topological polar surface area (TPSA) is 28.9 Å². The molecule has 1 aliphatic rings. The zero-order valence-electron chi connectivity index (χ0n) is 29.4. The highest BCUT2D eigenvalue weighted by molar-refractivity contribution is 6.22. The van der Waals surface area contributed by atoms with Gasteiger partial charge in [-0.15, -0.1) is 0 Å². The van der Waals surface area contributed by atoms with E-state index in [4.69, 9.17) is 4.42 Å². The molecule has 0 saturated heterocycles. The van der Waals surface area contributed by atoms with Gasteiger partial charge in [0.15, 0.2) is 0 Å². The van der Waals surface area contributed by atoms with Crippen LogP contribution < -0.4 is 0 Å². The van der Waals surface area contributed by atoms with Gasteiger partial charge in [-0.2, -0.15) is 0 Å². The van der Waals surface area contributed by atoms with Crippen molar-refractivity contribution in [3.05, 3.63) is 169 Å². The maximum atomic E-state index is 6.38. The second-order valence-corrected chi connectivity index (χ2v) is 15.3. The van der Waals surface area contributed by atoms with Crippen LogP contribution >= 0.6 is 0 Å². The van der Waals surface area contributed by atoms with Crippen molar-refractivity contribution >= 4 is 76.1 Å². The summed E-state index contributed by atoms with van der Waals surface area (Å²) in [5.74, 6) is 0. The molecular formula is C51H33NO. The third-order valence-electron chi connectivity index (χ3n) is 12.1. The Morgan fingerprint density at radius 2 is 0.962 bits per heavy atom. The zero-order valence-corrected chi connectivity index (χ0v) is 29.4. The molecule has 1 aliphatic carbocycles. The van der Waals surface area contributed by atoms with E-state index in [-0.39, 0.29) is 5.41 Å². The number of benzene rings is 9. The summed E-state index contributed by atoms with van der Waals surface area (Å²) < 4.78 is 6.38. The highest BCUT2D eigenvalue weighted by atomic mass is 16.3. The van der Waals surface area contributed by atoms with Gasteiger partial charge in [0.2, 0.25) is 0 Å². The van der Waals surface area contributed by atoms with Gasteiger partial charge in [0.25, 0.3) is 0 Å². The second-order valence-electron chi connectivity index (χ2n) is 15.3. The molecule has 11 aromatic rings. The molecule has 53 heavy (non-hydrogen) atoms. The second kappa shape index (κ2) is 10.2. The van der Waals surface area contributed by atoms with Crippen molar-refractivity contribution in [2.75, 3.05) is 0 Å². The Labute approximate surface area is 305 Å². The van der Waals surface area contributed by atoms with E-state index in [1.807, 2.05) is 6.07 Å². The number of nitrogens with one attached hydrogen (secondary N) is 1. The van der Waals surface area contributed by atoms with Crippen molar-refractivity contribution in [1.82, 2.24) is 4.98 Å². The lowest BCUT2D eigenvalue weighted by atomic mass is 9.81. The molecule has 2 aromatic heterocycles. The summed E-state index contributed by atoms with van der Waals surface area (Å²) in [5, 5.41) is 12.4. The van der Waals surface area contributed by atoms with Gasteiger partial charge in [0.05, 0.1) is 0 Å². The van der Waals surface area contributed by atoms with Crippen molar-refractivity contribution in [3.8, 4) is 33.4 Å². The summed E-state index contributed by atoms with van der Waals surface area (Å²) >= 11 is 0. The minimum Gasteiger partial charge on any atom is -0.456 e. The number of fused-ring (bicyclic) bond motifs is 12. The molecule has 0 fully saturated rings. The third kappa shape index (κ3) is 3.93. The van der Waals surface area contributed by atoms with Crippen molar-refractivity contribution < 1.29 is 4.42 Å². The largest absolute Gasteiger partial charge is 0.456 e. The van der Waals surface area contributed by atoms with Crippen LogP contribution in [0.5, 0.6) is 0 Å². The average Bonchev–Trinajstić information content (AvgIpc) is 3.81. The maximum Gasteiger partial charge on any atom is 0.136 e. The number of para-hydroxylation sites is 2. The number of aromatic amines is 1. The SMILES string of the molecule is CC1(C)c2ccc(-c3c4ccccc4c(-c4ccc5c(c4)oc4ccccc45)c4ccccc34)cc2-c2cc3cc4[nH]c5ccccc5c4cc3cc21. The highest BCUT2D eigenvalue weighted by Gasteiger charge is 2.36. The molecule has 248 valence electrons. The first-order valence-corrected chi connectivity index (χ1v) is 18.5. The zero-order chi connectivity index (χ0) is 35.0. The Morgan fingerprint density at radius 1 is 0.396 bits per heavy atom. The van der Waals surface area contributed by atoms with Crippen LogP contribution in [-0.2, 0) is 5.41 Å². The smallest absolute Gasteiger partial charge is 0.136 e. The quantitative estimate of drug-likeness (QED) is 0.182. The minimum atomic E-state index is -0.115. The Bertz CT molecular complexity index is 3320. The normalized spacial score (nSPS) is 13.6. The molecular weight excluding hydrogens is 643 g/mol. The van der Waals surface area contributed by atoms with Gasteiger partial charge >= 0.3 is 0 Å². The van der Waals surface area contributed by atoms with Gasteiger partial charge in [0, 0.05) is 38.0 Å². The molecule has 2 nitrogen and oxygen atoms in total. The number of furan rings is 1. The molecule has 0 aliphatic heterocycles. The summed E-state index contributed by atoms with van der Waals surface area (Å²) in [6, 6.07) is 58.3. The summed E-state index contributed by atoms with van der Waals surface area (Å²) in [6.45, 7) is 4.76. The predicted molar refractivity (Wildman–Crippen MR) is 224 cm³/mol. The van der Waals surface area contributed by atoms with Crippen LogP contribution in [0.3, 0.4) is 0 Å². The molecule has 0 atom stereocenters. The van der Waals surface area contributed by atoms with Gasteiger partial charge in [-0.25, -0.2) is 0 Å². The minimum absolute atomic E-state index is 0.115. The predicted octanol–water partition coefficient (Wildman–Crippen LogP) is 14.3. The van der Waals surface area contributed by atoms with Crippen LogP contribution in [0.25, 0.3) is 109 Å². The summed E-state index contributed by atoms with van der Waals surface area (Å²) in [6.07, 6.45) is 0. The molecule has 1 N–H and O–H groups in total. The lowest BCUT2D eigenvalue weighted by Crippen LogP contribution is -2.14. The molecule has 0 amide bonds. The van der Waals surface area contributed by atoms with Gasteiger partial charge in [-0.05, 0) is 131 Å². The van der Waals surface area contributed by atoms with E-state index in [1.165, 1.54) is 93.1 Å². The van der Waals surface area contributed by atoms with Gasteiger partial charge < -0.3 is 9.40 Å². The molecule has 0 bridgehead atoms. The fourth-order valence-corrected chi connectivity index (χ4v) is 9.63. The number of H-pyrrole nitrogens is 1. The molecule has 2 heteroatoms. The Balaban J connectivity index is 1.08. The van der Waals surface area contributed by atoms with E-state index in [0.29, 0.717) is 0 Å². The van der Waals surface area contributed by atoms with E-state index < -0.39 is 0 Å². The molecule has 0 radical (unpaired) electrons. The molecule has 9 aromatic carbocycles. The van der Waals surface area contributed by atoms with Crippen molar-refractivity contribution in [3.63, 3.8) is 0 Å². The van der Waals surface area contributed by atoms with E-state index >= 15 is 0 Å². The number of hydrogen-bond donors (Lipinski definition) is 1. The van der Waals surface area contributed by atoms with Crippen molar-refractivity contribution in [2.45, 2.75) is 19.3 Å². The fraction of sp³-hybridized carbons (Fsp3) is 0.0588. The maximum absolute atomic E-state index is 6.38. The average molecular weight is 676 g/mol. The van der Waals surface area contributed by atoms with Crippen molar-refractivity contribution in [2.24, 2.45) is 0 Å². The Morgan fingerprint density at radius 3 is 1.70 bits per heavy atom. The fourth-order valence-electron chi connectivity index (χ4n) is 9.63. The van der Waals surface area contributed by atoms with E-state index in [1.54, 1.807) is 0 Å². The lowest BCUT2D eigenvalue weighted by Gasteiger charge is -2.22. The first kappa shape index (κ1) is 29.0. The molecule has 12 rings (SSSR count). The van der Waals surface area contributed by atoms with E-state index in [9.17, 15) is 0 Å². The summed E-state index contributed by atoms with van der Waals surface area (Å²) in [7, 11) is 0. The Hall–Kier alpha value is -6.64. The summed E-state index contributed by atoms with van der Waals surface area (Å²) in [5.41, 5.74) is 14.4. The van der Waals surface area contributed by atoms with Crippen LogP contribution in [-0.4, -0.2) is 4.98 Å². The highest BCUT2D eigenvalue weighted by Crippen LogP contribution is 2.52. The third-order valence-corrected chi connectivity index (χ3v) is 12.1. The molecule has 0 unspecified atom stereocenters. The van der Waals surface area contributed by atoms with Crippen LogP contribution in [0, 0.1) is 0 Å². The lowest BCUT2D eigenvalue weighted by molar-refractivity contribution is 0.661. The summed E-state index contributed by atoms with van der Waals surface area (Å²) in [4.78, 5) is 3.66. The Kier molecular flexibility index (Phi) is 5.60. The number of aromatic nitrogens is 1. The first-order chi connectivity index (χ1) is 26.0. The first-order valence-electron chi connectivity index (χ1n) is 18.5. The molecule has 2 heterocycles. The number of rotatable bonds is 2. The van der Waals surface area contributed by atoms with Crippen molar-refractivity contribution in [1.29, 1.82) is 0 Å². The van der Waals surface area contributed by atoms with Gasteiger partial charge in [-0.3, -0.25) is 0 Å². The monoisotopic (exact) mass is 675 g/mol. The number of hydrogen-bond acceptors (Lipinski definition) is 1. The van der Waals surface area contributed by atoms with Gasteiger partial charge in [0.1, 0.15) is 11.2 Å². The standard InChI is InChI=1S/C51H33NO/c1-51(2)43-22-20-29(23-40(43)41-24-32-27-46-42(25-31(32)26-44(41)51)33-11-7-9-17-45(33)52-46)49-36-13-3-5-15-38(36)50(39-16-6-4-14-37(39)49)30-19-21-35-34-12-8-10-18-47(34)53-48(35)28-30/h3-28,52H,1-2H3. The molecule has 0 saturated carbocycles.